The Morgan fingerprint density at radius 2 is 2.03 bits per heavy atom. The molecule has 0 radical (unpaired) electrons. The van der Waals surface area contributed by atoms with Crippen molar-refractivity contribution in [3.63, 3.8) is 0 Å². The van der Waals surface area contributed by atoms with Crippen molar-refractivity contribution >= 4 is 22.5 Å². The highest BCUT2D eigenvalue weighted by Crippen LogP contribution is 2.37. The highest BCUT2D eigenvalue weighted by Gasteiger charge is 2.34. The van der Waals surface area contributed by atoms with Gasteiger partial charge in [-0.05, 0) is 42.5 Å². The molecule has 3 aromatic rings. The van der Waals surface area contributed by atoms with Crippen molar-refractivity contribution in [2.75, 3.05) is 5.32 Å². The molecule has 1 aliphatic rings. The Bertz CT molecular complexity index is 1020. The van der Waals surface area contributed by atoms with E-state index in [0.717, 1.165) is 30.4 Å². The molecule has 0 saturated heterocycles. The lowest BCUT2D eigenvalue weighted by Crippen LogP contribution is -2.11. The van der Waals surface area contributed by atoms with Crippen LogP contribution in [0.5, 0.6) is 5.75 Å². The smallest absolute Gasteiger partial charge is 0.416 e. The summed E-state index contributed by atoms with van der Waals surface area (Å²) in [6, 6.07) is 4.57. The fourth-order valence-corrected chi connectivity index (χ4v) is 3.32. The number of ether oxygens (including phenoxy) is 1. The Morgan fingerprint density at radius 3 is 2.72 bits per heavy atom. The number of nitrogens with zero attached hydrogens (tertiary/aromatic N) is 4. The van der Waals surface area contributed by atoms with Gasteiger partial charge in [-0.25, -0.2) is 9.97 Å². The predicted molar refractivity (Wildman–Crippen MR) is 103 cm³/mol. The van der Waals surface area contributed by atoms with Crippen molar-refractivity contribution in [2.24, 2.45) is 0 Å². The minimum Gasteiger partial charge on any atom is -0.488 e. The molecule has 0 unspecified atom stereocenters. The van der Waals surface area contributed by atoms with E-state index in [9.17, 15) is 13.2 Å². The van der Waals surface area contributed by atoms with Crippen LogP contribution >= 0.6 is 11.5 Å². The fraction of sp³-hybridized carbons (Fsp3) is 0.368. The van der Waals surface area contributed by atoms with E-state index in [1.807, 2.05) is 0 Å². The lowest BCUT2D eigenvalue weighted by atomic mass is 9.99. The molecule has 1 N–H and O–H groups in total. The van der Waals surface area contributed by atoms with Gasteiger partial charge in [0.15, 0.2) is 11.5 Å². The summed E-state index contributed by atoms with van der Waals surface area (Å²) < 4.78 is 50.3. The van der Waals surface area contributed by atoms with Crippen LogP contribution in [0, 0.1) is 0 Å². The van der Waals surface area contributed by atoms with Crippen molar-refractivity contribution in [1.29, 1.82) is 0 Å². The van der Waals surface area contributed by atoms with Crippen molar-refractivity contribution in [2.45, 2.75) is 44.9 Å². The van der Waals surface area contributed by atoms with Crippen LogP contribution < -0.4 is 10.1 Å². The first-order valence-corrected chi connectivity index (χ1v) is 9.88. The molecule has 29 heavy (non-hydrogen) atoms. The molecule has 1 fully saturated rings. The maximum absolute atomic E-state index is 13.4. The lowest BCUT2D eigenvalue weighted by Gasteiger charge is -2.16. The molecule has 152 valence electrons. The average Bonchev–Trinajstić information content (AvgIpc) is 3.37. The molecular formula is C19H18F3N5OS. The second kappa shape index (κ2) is 7.58. The van der Waals surface area contributed by atoms with Gasteiger partial charge in [0.1, 0.15) is 11.6 Å². The number of hydrogen-bond donors (Lipinski definition) is 1. The minimum atomic E-state index is -4.46. The van der Waals surface area contributed by atoms with Gasteiger partial charge in [0.05, 0.1) is 11.7 Å². The van der Waals surface area contributed by atoms with Gasteiger partial charge in [0, 0.05) is 23.9 Å². The SMILES string of the molecule is CC(C)c1cnc(Nc2nc(-c3ncccc3OC3CC3)ns2)cc1C(F)(F)F. The zero-order chi connectivity index (χ0) is 20.6. The summed E-state index contributed by atoms with van der Waals surface area (Å²) in [5.74, 6) is 0.706. The molecule has 0 atom stereocenters. The third-order valence-corrected chi connectivity index (χ3v) is 4.95. The molecule has 0 spiro atoms. The summed E-state index contributed by atoms with van der Waals surface area (Å²) in [6.07, 6.45) is 0.604. The topological polar surface area (TPSA) is 72.8 Å². The molecule has 6 nitrogen and oxygen atoms in total. The van der Waals surface area contributed by atoms with Crippen molar-refractivity contribution in [3.8, 4) is 17.3 Å². The summed E-state index contributed by atoms with van der Waals surface area (Å²) in [4.78, 5) is 12.7. The summed E-state index contributed by atoms with van der Waals surface area (Å²) in [6.45, 7) is 3.40. The number of rotatable bonds is 6. The number of halogens is 3. The number of pyridine rings is 2. The first-order valence-electron chi connectivity index (χ1n) is 9.11. The van der Waals surface area contributed by atoms with E-state index >= 15 is 0 Å². The van der Waals surface area contributed by atoms with E-state index in [4.69, 9.17) is 4.74 Å². The summed E-state index contributed by atoms with van der Waals surface area (Å²) >= 11 is 1.02. The van der Waals surface area contributed by atoms with Gasteiger partial charge in [-0.15, -0.1) is 0 Å². The molecule has 3 aromatic heterocycles. The van der Waals surface area contributed by atoms with Gasteiger partial charge in [0.25, 0.3) is 0 Å². The van der Waals surface area contributed by atoms with Gasteiger partial charge in [-0.2, -0.15) is 22.5 Å². The maximum Gasteiger partial charge on any atom is 0.416 e. The zero-order valence-electron chi connectivity index (χ0n) is 15.7. The normalized spacial score (nSPS) is 14.3. The Kier molecular flexibility index (Phi) is 5.12. The van der Waals surface area contributed by atoms with E-state index in [2.05, 4.69) is 24.6 Å². The van der Waals surface area contributed by atoms with Gasteiger partial charge in [-0.1, -0.05) is 13.8 Å². The highest BCUT2D eigenvalue weighted by atomic mass is 32.1. The molecule has 3 heterocycles. The summed E-state index contributed by atoms with van der Waals surface area (Å²) in [5, 5.41) is 3.13. The largest absolute Gasteiger partial charge is 0.488 e. The molecule has 10 heteroatoms. The quantitative estimate of drug-likeness (QED) is 0.573. The first-order chi connectivity index (χ1) is 13.8. The molecule has 0 aliphatic heterocycles. The number of hydrogen-bond acceptors (Lipinski definition) is 7. The highest BCUT2D eigenvalue weighted by molar-refractivity contribution is 7.09. The molecule has 0 aromatic carbocycles. The van der Waals surface area contributed by atoms with Crippen molar-refractivity contribution in [1.82, 2.24) is 19.3 Å². The Labute approximate surface area is 169 Å². The van der Waals surface area contributed by atoms with E-state index in [1.165, 1.54) is 6.20 Å². The van der Waals surface area contributed by atoms with Crippen LogP contribution in [0.4, 0.5) is 24.1 Å². The standard InChI is InChI=1S/C19H18F3N5OS/c1-10(2)12-9-24-15(8-13(12)19(20,21)22)25-18-26-17(27-29-18)16-14(4-3-7-23-16)28-11-5-6-11/h3-4,7-11H,5-6H2,1-2H3,(H,24,25,26,27). The molecule has 1 saturated carbocycles. The summed E-state index contributed by atoms with van der Waals surface area (Å²) in [7, 11) is 0. The molecule has 0 bridgehead atoms. The van der Waals surface area contributed by atoms with Gasteiger partial charge >= 0.3 is 6.18 Å². The zero-order valence-corrected chi connectivity index (χ0v) is 16.5. The molecule has 1 aliphatic carbocycles. The van der Waals surface area contributed by atoms with Gasteiger partial charge in [0.2, 0.25) is 5.13 Å². The number of anilines is 2. The Balaban J connectivity index is 1.59. The lowest BCUT2D eigenvalue weighted by molar-refractivity contribution is -0.138. The number of nitrogens with one attached hydrogen (secondary N) is 1. The summed E-state index contributed by atoms with van der Waals surface area (Å²) in [5.41, 5.74) is -0.0567. The number of aromatic nitrogens is 4. The van der Waals surface area contributed by atoms with Crippen LogP contribution in [0.2, 0.25) is 0 Å². The van der Waals surface area contributed by atoms with Crippen molar-refractivity contribution < 1.29 is 17.9 Å². The van der Waals surface area contributed by atoms with Crippen LogP contribution in [0.15, 0.2) is 30.6 Å². The van der Waals surface area contributed by atoms with Gasteiger partial charge < -0.3 is 10.1 Å². The fourth-order valence-electron chi connectivity index (χ4n) is 2.74. The van der Waals surface area contributed by atoms with E-state index in [1.54, 1.807) is 32.2 Å². The van der Waals surface area contributed by atoms with E-state index in [0.29, 0.717) is 22.4 Å². The monoisotopic (exact) mass is 421 g/mol. The van der Waals surface area contributed by atoms with Crippen LogP contribution in [0.1, 0.15) is 43.7 Å². The third-order valence-electron chi connectivity index (χ3n) is 4.32. The maximum atomic E-state index is 13.4. The van der Waals surface area contributed by atoms with Crippen LogP contribution in [0.3, 0.4) is 0 Å². The first kappa shape index (κ1) is 19.6. The number of alkyl halides is 3. The second-order valence-corrected chi connectivity index (χ2v) is 7.78. The Morgan fingerprint density at radius 1 is 1.24 bits per heavy atom. The average molecular weight is 421 g/mol. The van der Waals surface area contributed by atoms with Crippen LogP contribution in [-0.4, -0.2) is 25.4 Å². The van der Waals surface area contributed by atoms with Gasteiger partial charge in [-0.3, -0.25) is 0 Å². The Hall–Kier alpha value is -2.75. The van der Waals surface area contributed by atoms with E-state index in [-0.39, 0.29) is 23.4 Å². The van der Waals surface area contributed by atoms with Crippen LogP contribution in [0.25, 0.3) is 11.5 Å². The van der Waals surface area contributed by atoms with E-state index < -0.39 is 11.7 Å². The third kappa shape index (κ3) is 4.47. The van der Waals surface area contributed by atoms with Crippen molar-refractivity contribution in [3.05, 3.63) is 41.7 Å². The molecular weight excluding hydrogens is 403 g/mol. The molecule has 0 amide bonds. The second-order valence-electron chi connectivity index (χ2n) is 7.02. The predicted octanol–water partition coefficient (Wildman–Crippen LogP) is 5.42. The van der Waals surface area contributed by atoms with Crippen LogP contribution in [-0.2, 0) is 6.18 Å². The molecule has 4 rings (SSSR count). The minimum absolute atomic E-state index is 0.0555.